The number of benzene rings is 1. The number of esters is 1. The molecule has 0 radical (unpaired) electrons. The summed E-state index contributed by atoms with van der Waals surface area (Å²) < 4.78 is 5.14. The van der Waals surface area contributed by atoms with Crippen molar-refractivity contribution in [2.75, 3.05) is 40.3 Å². The number of ether oxygens (including phenoxy) is 1. The van der Waals surface area contributed by atoms with Crippen molar-refractivity contribution in [3.05, 3.63) is 35.4 Å². The van der Waals surface area contributed by atoms with Crippen molar-refractivity contribution in [1.29, 1.82) is 0 Å². The van der Waals surface area contributed by atoms with Crippen LogP contribution in [0.4, 0.5) is 0 Å². The Morgan fingerprint density at radius 1 is 1.18 bits per heavy atom. The lowest BCUT2D eigenvalue weighted by Crippen LogP contribution is -2.46. The molecule has 7 nitrogen and oxygen atoms in total. The van der Waals surface area contributed by atoms with Crippen LogP contribution in [-0.2, 0) is 16.1 Å². The largest absolute Gasteiger partial charge is 0.466 e. The van der Waals surface area contributed by atoms with Gasteiger partial charge in [-0.05, 0) is 44.4 Å². The standard InChI is InChI=1S/C21H32N4O3/c1-5-22-21(25-13-11-18(12-14-25)20(27)28-6-2)23-15-16-7-9-17(10-8-16)19(26)24(3)4/h7-10,18H,5-6,11-15H2,1-4H3,(H,22,23). The monoisotopic (exact) mass is 388 g/mol. The first-order valence-electron chi connectivity index (χ1n) is 9.96. The van der Waals surface area contributed by atoms with E-state index in [1.54, 1.807) is 19.0 Å². The zero-order chi connectivity index (χ0) is 20.5. The molecule has 1 heterocycles. The number of guanidine groups is 1. The number of amides is 1. The predicted octanol–water partition coefficient (Wildman–Crippen LogP) is 2.13. The van der Waals surface area contributed by atoms with Crippen molar-refractivity contribution in [3.63, 3.8) is 0 Å². The maximum atomic E-state index is 12.0. The summed E-state index contributed by atoms with van der Waals surface area (Å²) >= 11 is 0. The van der Waals surface area contributed by atoms with Gasteiger partial charge in [-0.2, -0.15) is 0 Å². The van der Waals surface area contributed by atoms with Gasteiger partial charge in [0.2, 0.25) is 0 Å². The molecular formula is C21H32N4O3. The van der Waals surface area contributed by atoms with E-state index in [-0.39, 0.29) is 17.8 Å². The Bertz CT molecular complexity index is 677. The number of carbonyl (C=O) groups excluding carboxylic acids is 2. The van der Waals surface area contributed by atoms with E-state index in [1.165, 1.54) is 0 Å². The molecule has 0 bridgehead atoms. The predicted molar refractivity (Wildman–Crippen MR) is 110 cm³/mol. The van der Waals surface area contributed by atoms with Crippen molar-refractivity contribution in [2.45, 2.75) is 33.2 Å². The Morgan fingerprint density at radius 3 is 2.36 bits per heavy atom. The molecule has 0 unspecified atom stereocenters. The highest BCUT2D eigenvalue weighted by molar-refractivity contribution is 5.93. The minimum absolute atomic E-state index is 0.00661. The minimum Gasteiger partial charge on any atom is -0.466 e. The highest BCUT2D eigenvalue weighted by Crippen LogP contribution is 2.19. The number of likely N-dealkylation sites (tertiary alicyclic amines) is 1. The maximum absolute atomic E-state index is 12.0. The molecule has 1 saturated heterocycles. The Morgan fingerprint density at radius 2 is 1.82 bits per heavy atom. The lowest BCUT2D eigenvalue weighted by Gasteiger charge is -2.33. The highest BCUT2D eigenvalue weighted by atomic mass is 16.5. The first kappa shape index (κ1) is 21.7. The molecule has 1 aromatic rings. The molecule has 7 heteroatoms. The van der Waals surface area contributed by atoms with Gasteiger partial charge in [-0.1, -0.05) is 12.1 Å². The van der Waals surface area contributed by atoms with Crippen LogP contribution in [0.3, 0.4) is 0 Å². The maximum Gasteiger partial charge on any atom is 0.309 e. The molecule has 0 aliphatic carbocycles. The van der Waals surface area contributed by atoms with E-state index >= 15 is 0 Å². The molecule has 0 atom stereocenters. The van der Waals surface area contributed by atoms with E-state index in [0.29, 0.717) is 18.7 Å². The topological polar surface area (TPSA) is 74.2 Å². The summed E-state index contributed by atoms with van der Waals surface area (Å²) in [5.74, 6) is 0.753. The van der Waals surface area contributed by atoms with E-state index in [0.717, 1.165) is 44.0 Å². The molecule has 1 aliphatic rings. The molecule has 1 aliphatic heterocycles. The second-order valence-corrected chi connectivity index (χ2v) is 7.08. The third-order valence-corrected chi connectivity index (χ3v) is 4.77. The Labute approximate surface area is 167 Å². The number of hydrogen-bond donors (Lipinski definition) is 1. The van der Waals surface area contributed by atoms with Crippen LogP contribution in [0.2, 0.25) is 0 Å². The van der Waals surface area contributed by atoms with E-state index in [1.807, 2.05) is 38.1 Å². The van der Waals surface area contributed by atoms with Gasteiger partial charge < -0.3 is 19.9 Å². The third-order valence-electron chi connectivity index (χ3n) is 4.77. The summed E-state index contributed by atoms with van der Waals surface area (Å²) in [6.45, 7) is 7.21. The van der Waals surface area contributed by atoms with Gasteiger partial charge in [0.05, 0.1) is 19.1 Å². The average Bonchev–Trinajstić information content (AvgIpc) is 2.71. The van der Waals surface area contributed by atoms with Gasteiger partial charge in [-0.25, -0.2) is 4.99 Å². The van der Waals surface area contributed by atoms with Gasteiger partial charge in [0.15, 0.2) is 5.96 Å². The van der Waals surface area contributed by atoms with Crippen molar-refractivity contribution in [2.24, 2.45) is 10.9 Å². The first-order chi connectivity index (χ1) is 13.5. The van der Waals surface area contributed by atoms with E-state index in [4.69, 9.17) is 9.73 Å². The van der Waals surface area contributed by atoms with Gasteiger partial charge >= 0.3 is 5.97 Å². The molecular weight excluding hydrogens is 356 g/mol. The minimum atomic E-state index is -0.0866. The number of carbonyl (C=O) groups is 2. The van der Waals surface area contributed by atoms with Crippen LogP contribution < -0.4 is 5.32 Å². The molecule has 28 heavy (non-hydrogen) atoms. The van der Waals surface area contributed by atoms with E-state index < -0.39 is 0 Å². The Kier molecular flexibility index (Phi) is 8.29. The Hall–Kier alpha value is -2.57. The van der Waals surface area contributed by atoms with Crippen LogP contribution >= 0.6 is 0 Å². The summed E-state index contributed by atoms with van der Waals surface area (Å²) in [6.07, 6.45) is 1.56. The molecule has 154 valence electrons. The van der Waals surface area contributed by atoms with E-state index in [9.17, 15) is 9.59 Å². The molecule has 1 amide bonds. The van der Waals surface area contributed by atoms with Gasteiger partial charge in [0.25, 0.3) is 5.91 Å². The van der Waals surface area contributed by atoms with Crippen LogP contribution in [0.5, 0.6) is 0 Å². The van der Waals surface area contributed by atoms with Gasteiger partial charge in [0, 0.05) is 39.3 Å². The number of rotatable bonds is 6. The lowest BCUT2D eigenvalue weighted by molar-refractivity contribution is -0.149. The summed E-state index contributed by atoms with van der Waals surface area (Å²) in [6, 6.07) is 7.56. The average molecular weight is 389 g/mol. The first-order valence-corrected chi connectivity index (χ1v) is 9.96. The number of nitrogens with one attached hydrogen (secondary N) is 1. The van der Waals surface area contributed by atoms with E-state index in [2.05, 4.69) is 10.2 Å². The second-order valence-electron chi connectivity index (χ2n) is 7.08. The van der Waals surface area contributed by atoms with Crippen molar-refractivity contribution in [1.82, 2.24) is 15.1 Å². The second kappa shape index (κ2) is 10.7. The molecule has 1 aromatic carbocycles. The van der Waals surface area contributed by atoms with Crippen LogP contribution in [0.15, 0.2) is 29.3 Å². The molecule has 1 fully saturated rings. The fourth-order valence-electron chi connectivity index (χ4n) is 3.19. The quantitative estimate of drug-likeness (QED) is 0.459. The van der Waals surface area contributed by atoms with Crippen molar-refractivity contribution in [3.8, 4) is 0 Å². The molecule has 0 saturated carbocycles. The van der Waals surface area contributed by atoms with Crippen LogP contribution in [-0.4, -0.2) is 68.0 Å². The fourth-order valence-corrected chi connectivity index (χ4v) is 3.19. The van der Waals surface area contributed by atoms with Crippen molar-refractivity contribution < 1.29 is 14.3 Å². The zero-order valence-electron chi connectivity index (χ0n) is 17.4. The zero-order valence-corrected chi connectivity index (χ0v) is 17.4. The molecule has 0 spiro atoms. The normalized spacial score (nSPS) is 15.3. The summed E-state index contributed by atoms with van der Waals surface area (Å²) in [7, 11) is 3.49. The number of nitrogens with zero attached hydrogens (tertiary/aromatic N) is 3. The highest BCUT2D eigenvalue weighted by Gasteiger charge is 2.27. The smallest absolute Gasteiger partial charge is 0.309 e. The summed E-state index contributed by atoms with van der Waals surface area (Å²) in [5, 5.41) is 3.34. The number of aliphatic imine (C=N–C) groups is 1. The van der Waals surface area contributed by atoms with Crippen molar-refractivity contribution >= 4 is 17.8 Å². The van der Waals surface area contributed by atoms with Gasteiger partial charge in [0.1, 0.15) is 0 Å². The molecule has 2 rings (SSSR count). The van der Waals surface area contributed by atoms with Crippen LogP contribution in [0.25, 0.3) is 0 Å². The summed E-state index contributed by atoms with van der Waals surface area (Å²) in [4.78, 5) is 32.4. The summed E-state index contributed by atoms with van der Waals surface area (Å²) in [5.41, 5.74) is 1.72. The molecule has 0 aromatic heterocycles. The molecule has 1 N–H and O–H groups in total. The third kappa shape index (κ3) is 5.97. The fraction of sp³-hybridized carbons (Fsp3) is 0.571. The number of piperidine rings is 1. The van der Waals surface area contributed by atoms with Crippen LogP contribution in [0.1, 0.15) is 42.6 Å². The SMILES string of the molecule is CCNC(=NCc1ccc(C(=O)N(C)C)cc1)N1CCC(C(=O)OCC)CC1. The van der Waals surface area contributed by atoms with Crippen LogP contribution in [0, 0.1) is 5.92 Å². The lowest BCUT2D eigenvalue weighted by atomic mass is 9.97. The Balaban J connectivity index is 1.97. The number of hydrogen-bond acceptors (Lipinski definition) is 4. The van der Waals surface area contributed by atoms with Gasteiger partial charge in [-0.15, -0.1) is 0 Å². The van der Waals surface area contributed by atoms with Gasteiger partial charge in [-0.3, -0.25) is 9.59 Å².